The third-order valence-corrected chi connectivity index (χ3v) is 0.744. The number of aliphatic carboxylic acids is 1. The van der Waals surface area contributed by atoms with E-state index in [1.807, 2.05) is 6.92 Å². The van der Waals surface area contributed by atoms with Crippen LogP contribution in [0.25, 0.3) is 0 Å². The molecule has 0 bridgehead atoms. The average Bonchev–Trinajstić information content (AvgIpc) is 1.61. The summed E-state index contributed by atoms with van der Waals surface area (Å²) in [5.41, 5.74) is 0. The van der Waals surface area contributed by atoms with Gasteiger partial charge in [-0.1, -0.05) is 13.3 Å². The fraction of sp³-hybridized carbons (Fsp3) is 0.800. The molecule has 0 atom stereocenters. The van der Waals surface area contributed by atoms with E-state index in [0.29, 0.717) is 6.42 Å². The van der Waals surface area contributed by atoms with Gasteiger partial charge in [0.05, 0.1) is 0 Å². The molecule has 0 aliphatic heterocycles. The van der Waals surface area contributed by atoms with E-state index in [9.17, 15) is 4.79 Å². The fourth-order valence-corrected chi connectivity index (χ4v) is 0.328. The Bertz CT molecular complexity index is 63.4. The van der Waals surface area contributed by atoms with Crippen molar-refractivity contribution in [3.05, 3.63) is 0 Å². The van der Waals surface area contributed by atoms with E-state index < -0.39 is 5.97 Å². The molecule has 45 valence electrons. The number of carbonyl (C=O) groups is 1. The Morgan fingerprint density at radius 2 is 2.12 bits per heavy atom. The molecule has 0 aromatic carbocycles. The third-order valence-electron chi connectivity index (χ3n) is 0.744. The minimum Gasteiger partial charge on any atom is -0.481 e. The smallest absolute Gasteiger partial charge is 0.303 e. The molecule has 0 aliphatic carbocycles. The minimum atomic E-state index is -0.693. The summed E-state index contributed by atoms with van der Waals surface area (Å²) < 4.78 is 0. The predicted molar refractivity (Wildman–Crippen MR) is 27.2 cm³/mol. The minimum absolute atomic E-state index is 0. The summed E-state index contributed by atoms with van der Waals surface area (Å²) >= 11 is 0. The Morgan fingerprint density at radius 1 is 1.62 bits per heavy atom. The van der Waals surface area contributed by atoms with Gasteiger partial charge in [-0.05, 0) is 6.42 Å². The summed E-state index contributed by atoms with van der Waals surface area (Å²) in [7, 11) is 0. The fourth-order valence-electron chi connectivity index (χ4n) is 0.328. The van der Waals surface area contributed by atoms with Crippen molar-refractivity contribution in [3.8, 4) is 0 Å². The van der Waals surface area contributed by atoms with E-state index in [2.05, 4.69) is 0 Å². The van der Waals surface area contributed by atoms with Gasteiger partial charge in [0.25, 0.3) is 0 Å². The molecule has 3 heteroatoms. The first-order chi connectivity index (χ1) is 3.27. The van der Waals surface area contributed by atoms with Crippen LogP contribution in [0, 0.1) is 0 Å². The maximum atomic E-state index is 9.76. The average molecular weight is 191 g/mol. The molecule has 0 aromatic heterocycles. The van der Waals surface area contributed by atoms with E-state index in [1.54, 1.807) is 0 Å². The Morgan fingerprint density at radius 3 is 2.25 bits per heavy atom. The Hall–Kier alpha value is 0.574. The topological polar surface area (TPSA) is 37.3 Å². The van der Waals surface area contributed by atoms with Gasteiger partial charge in [0, 0.05) is 39.1 Å². The predicted octanol–water partition coefficient (Wildman–Crippen LogP) is 1.26. The Labute approximate surface area is 74.5 Å². The van der Waals surface area contributed by atoms with Crippen LogP contribution in [0.5, 0.6) is 0 Å². The monoisotopic (exact) mass is 191 g/mol. The Balaban J connectivity index is 0. The molecular weight excluding hydrogens is 181 g/mol. The van der Waals surface area contributed by atoms with Gasteiger partial charge in [-0.3, -0.25) is 4.79 Å². The van der Waals surface area contributed by atoms with Crippen molar-refractivity contribution in [1.29, 1.82) is 0 Å². The molecular formula is C5H10O2Y. The number of rotatable bonds is 3. The van der Waals surface area contributed by atoms with Crippen LogP contribution >= 0.6 is 0 Å². The van der Waals surface area contributed by atoms with Crippen LogP contribution in [0.2, 0.25) is 0 Å². The second-order valence-corrected chi connectivity index (χ2v) is 1.50. The zero-order valence-electron chi connectivity index (χ0n) is 5.05. The van der Waals surface area contributed by atoms with Gasteiger partial charge >= 0.3 is 5.97 Å². The molecule has 1 N–H and O–H groups in total. The standard InChI is InChI=1S/C5H10O2.Y/c1-2-3-4-5(6)7;/h2-4H2,1H3,(H,6,7);. The van der Waals surface area contributed by atoms with Crippen LogP contribution in [0.1, 0.15) is 26.2 Å². The summed E-state index contributed by atoms with van der Waals surface area (Å²) in [6.45, 7) is 1.98. The number of carboxylic acid groups (broad SMARTS) is 1. The summed E-state index contributed by atoms with van der Waals surface area (Å²) in [5, 5.41) is 8.04. The molecule has 0 aliphatic rings. The molecule has 0 heterocycles. The molecule has 0 amide bonds. The van der Waals surface area contributed by atoms with Crippen LogP contribution in [0.3, 0.4) is 0 Å². The molecule has 0 rings (SSSR count). The van der Waals surface area contributed by atoms with Crippen molar-refractivity contribution in [1.82, 2.24) is 0 Å². The molecule has 0 fully saturated rings. The number of unbranched alkanes of at least 4 members (excludes halogenated alkanes) is 1. The van der Waals surface area contributed by atoms with Gasteiger partial charge in [-0.25, -0.2) is 0 Å². The van der Waals surface area contributed by atoms with Gasteiger partial charge in [0.2, 0.25) is 0 Å². The largest absolute Gasteiger partial charge is 0.481 e. The van der Waals surface area contributed by atoms with Gasteiger partial charge in [-0.15, -0.1) is 0 Å². The summed E-state index contributed by atoms with van der Waals surface area (Å²) in [6, 6.07) is 0. The number of carboxylic acids is 1. The van der Waals surface area contributed by atoms with Crippen LogP contribution in [-0.4, -0.2) is 11.1 Å². The molecule has 8 heavy (non-hydrogen) atoms. The van der Waals surface area contributed by atoms with Crippen LogP contribution < -0.4 is 0 Å². The second kappa shape index (κ2) is 7.57. The van der Waals surface area contributed by atoms with E-state index in [0.717, 1.165) is 12.8 Å². The molecule has 0 aromatic rings. The van der Waals surface area contributed by atoms with Gasteiger partial charge in [-0.2, -0.15) is 0 Å². The Kier molecular flexibility index (Phi) is 10.8. The second-order valence-electron chi connectivity index (χ2n) is 1.50. The maximum absolute atomic E-state index is 9.76. The first-order valence-electron chi connectivity index (χ1n) is 2.49. The maximum Gasteiger partial charge on any atom is 0.303 e. The SMILES string of the molecule is CCCCC(=O)O.[Y]. The summed E-state index contributed by atoms with van der Waals surface area (Å²) in [5.74, 6) is -0.693. The van der Waals surface area contributed by atoms with Crippen LogP contribution in [0.4, 0.5) is 0 Å². The first kappa shape index (κ1) is 11.4. The molecule has 2 nitrogen and oxygen atoms in total. The van der Waals surface area contributed by atoms with Crippen molar-refractivity contribution in [2.75, 3.05) is 0 Å². The number of hydrogen-bond acceptors (Lipinski definition) is 1. The van der Waals surface area contributed by atoms with Gasteiger partial charge < -0.3 is 5.11 Å². The van der Waals surface area contributed by atoms with Crippen molar-refractivity contribution in [2.24, 2.45) is 0 Å². The normalized spacial score (nSPS) is 7.62. The van der Waals surface area contributed by atoms with Crippen LogP contribution in [0.15, 0.2) is 0 Å². The van der Waals surface area contributed by atoms with Crippen molar-refractivity contribution in [2.45, 2.75) is 26.2 Å². The molecule has 0 spiro atoms. The summed E-state index contributed by atoms with van der Waals surface area (Å²) in [6.07, 6.45) is 2.08. The van der Waals surface area contributed by atoms with Gasteiger partial charge in [0.1, 0.15) is 0 Å². The number of hydrogen-bond donors (Lipinski definition) is 1. The van der Waals surface area contributed by atoms with E-state index >= 15 is 0 Å². The first-order valence-corrected chi connectivity index (χ1v) is 2.49. The van der Waals surface area contributed by atoms with Crippen molar-refractivity contribution < 1.29 is 42.6 Å². The quantitative estimate of drug-likeness (QED) is 0.728. The molecule has 1 radical (unpaired) electrons. The molecule has 0 unspecified atom stereocenters. The zero-order valence-corrected chi connectivity index (χ0v) is 7.89. The van der Waals surface area contributed by atoms with Crippen LogP contribution in [-0.2, 0) is 37.5 Å². The molecule has 0 saturated carbocycles. The third kappa shape index (κ3) is 9.76. The molecule has 0 saturated heterocycles. The van der Waals surface area contributed by atoms with E-state index in [1.165, 1.54) is 0 Å². The van der Waals surface area contributed by atoms with Gasteiger partial charge in [0.15, 0.2) is 0 Å². The van der Waals surface area contributed by atoms with E-state index in [-0.39, 0.29) is 32.7 Å². The van der Waals surface area contributed by atoms with Crippen molar-refractivity contribution >= 4 is 5.97 Å². The van der Waals surface area contributed by atoms with Crippen molar-refractivity contribution in [3.63, 3.8) is 0 Å². The van der Waals surface area contributed by atoms with E-state index in [4.69, 9.17) is 5.11 Å². The zero-order chi connectivity index (χ0) is 5.70. The summed E-state index contributed by atoms with van der Waals surface area (Å²) in [4.78, 5) is 9.76.